The number of pyridine rings is 2. The van der Waals surface area contributed by atoms with Crippen LogP contribution in [0.15, 0.2) is 54.7 Å². The number of carbonyl (C=O) groups is 1. The number of ether oxygens (including phenoxy) is 2. The molecule has 0 saturated carbocycles. The number of carboxylic acid groups (broad SMARTS) is 1. The Bertz CT molecular complexity index is 1020. The van der Waals surface area contributed by atoms with Gasteiger partial charge in [-0.2, -0.15) is 0 Å². The quantitative estimate of drug-likeness (QED) is 0.580. The minimum Gasteiger partial charge on any atom is -0.486 e. The van der Waals surface area contributed by atoms with E-state index < -0.39 is 5.97 Å². The molecule has 0 aliphatic carbocycles. The fourth-order valence-corrected chi connectivity index (χ4v) is 2.86. The molecule has 0 bridgehead atoms. The first-order valence-corrected chi connectivity index (χ1v) is 9.12. The fourth-order valence-electron chi connectivity index (χ4n) is 2.86. The van der Waals surface area contributed by atoms with Crippen LogP contribution < -0.4 is 9.47 Å². The number of rotatable bonds is 7. The standard InChI is InChI=1S/C23H22N2O4/c1-15-11-18(7-10-22(26)27)12-16(2)23(15)29-21-9-8-20(13-24-21)28-14-19-6-4-5-17(3)25-19/h4-13H,14H2,1-3H3,(H,26,27). The van der Waals surface area contributed by atoms with Gasteiger partial charge in [-0.1, -0.05) is 6.07 Å². The molecule has 6 heteroatoms. The molecule has 0 unspecified atom stereocenters. The smallest absolute Gasteiger partial charge is 0.328 e. The van der Waals surface area contributed by atoms with Gasteiger partial charge in [-0.05, 0) is 73.9 Å². The lowest BCUT2D eigenvalue weighted by atomic mass is 10.1. The summed E-state index contributed by atoms with van der Waals surface area (Å²) in [7, 11) is 0. The van der Waals surface area contributed by atoms with Gasteiger partial charge in [0.2, 0.25) is 5.88 Å². The Morgan fingerprint density at radius 3 is 2.48 bits per heavy atom. The second-order valence-electron chi connectivity index (χ2n) is 6.65. The number of aryl methyl sites for hydroxylation is 3. The highest BCUT2D eigenvalue weighted by molar-refractivity contribution is 5.85. The van der Waals surface area contributed by atoms with Gasteiger partial charge < -0.3 is 14.6 Å². The molecule has 29 heavy (non-hydrogen) atoms. The van der Waals surface area contributed by atoms with Crippen LogP contribution in [-0.2, 0) is 11.4 Å². The molecular formula is C23H22N2O4. The maximum atomic E-state index is 10.7. The van der Waals surface area contributed by atoms with Crippen LogP contribution in [-0.4, -0.2) is 21.0 Å². The summed E-state index contributed by atoms with van der Waals surface area (Å²) < 4.78 is 11.7. The summed E-state index contributed by atoms with van der Waals surface area (Å²) in [5, 5.41) is 8.77. The maximum Gasteiger partial charge on any atom is 0.328 e. The zero-order valence-corrected chi connectivity index (χ0v) is 16.5. The van der Waals surface area contributed by atoms with Gasteiger partial charge in [0.25, 0.3) is 0 Å². The van der Waals surface area contributed by atoms with Crippen molar-refractivity contribution in [2.75, 3.05) is 0 Å². The zero-order valence-electron chi connectivity index (χ0n) is 16.5. The highest BCUT2D eigenvalue weighted by Crippen LogP contribution is 2.30. The summed E-state index contributed by atoms with van der Waals surface area (Å²) in [5.74, 6) is 0.794. The van der Waals surface area contributed by atoms with Crippen LogP contribution in [0.1, 0.15) is 28.1 Å². The van der Waals surface area contributed by atoms with Gasteiger partial charge in [0.05, 0.1) is 11.9 Å². The van der Waals surface area contributed by atoms with Crippen LogP contribution in [0.2, 0.25) is 0 Å². The van der Waals surface area contributed by atoms with Crippen molar-refractivity contribution in [3.8, 4) is 17.4 Å². The SMILES string of the molecule is Cc1cccc(COc2ccc(Oc3c(C)cc(C=CC(=O)O)cc3C)nc2)n1. The molecule has 0 amide bonds. The third-order valence-corrected chi connectivity index (χ3v) is 4.15. The van der Waals surface area contributed by atoms with Crippen molar-refractivity contribution in [3.63, 3.8) is 0 Å². The van der Waals surface area contributed by atoms with E-state index in [2.05, 4.69) is 9.97 Å². The molecule has 0 aliphatic rings. The first-order valence-electron chi connectivity index (χ1n) is 9.12. The van der Waals surface area contributed by atoms with E-state index >= 15 is 0 Å². The monoisotopic (exact) mass is 390 g/mol. The minimum atomic E-state index is -0.981. The van der Waals surface area contributed by atoms with E-state index in [0.29, 0.717) is 24.0 Å². The zero-order chi connectivity index (χ0) is 20.8. The molecule has 0 radical (unpaired) electrons. The van der Waals surface area contributed by atoms with Crippen molar-refractivity contribution < 1.29 is 19.4 Å². The largest absolute Gasteiger partial charge is 0.486 e. The summed E-state index contributed by atoms with van der Waals surface area (Å²) >= 11 is 0. The van der Waals surface area contributed by atoms with Gasteiger partial charge in [-0.25, -0.2) is 9.78 Å². The molecule has 148 valence electrons. The summed E-state index contributed by atoms with van der Waals surface area (Å²) in [5.41, 5.74) is 4.39. The summed E-state index contributed by atoms with van der Waals surface area (Å²) in [4.78, 5) is 19.4. The van der Waals surface area contributed by atoms with E-state index in [4.69, 9.17) is 14.6 Å². The number of benzene rings is 1. The Morgan fingerprint density at radius 1 is 1.10 bits per heavy atom. The van der Waals surface area contributed by atoms with Crippen LogP contribution >= 0.6 is 0 Å². The third-order valence-electron chi connectivity index (χ3n) is 4.15. The average Bonchev–Trinajstić information content (AvgIpc) is 2.68. The van der Waals surface area contributed by atoms with E-state index in [0.717, 1.165) is 34.2 Å². The Morgan fingerprint density at radius 2 is 1.86 bits per heavy atom. The number of hydrogen-bond acceptors (Lipinski definition) is 5. The lowest BCUT2D eigenvalue weighted by Crippen LogP contribution is -2.00. The molecule has 1 N–H and O–H groups in total. The average molecular weight is 390 g/mol. The number of hydrogen-bond donors (Lipinski definition) is 1. The number of carboxylic acids is 1. The minimum absolute atomic E-state index is 0.368. The highest BCUT2D eigenvalue weighted by atomic mass is 16.5. The van der Waals surface area contributed by atoms with Crippen molar-refractivity contribution >= 4 is 12.0 Å². The number of nitrogens with zero attached hydrogens (tertiary/aromatic N) is 2. The Balaban J connectivity index is 1.67. The normalized spacial score (nSPS) is 10.9. The molecule has 0 saturated heterocycles. The number of aromatic nitrogens is 2. The van der Waals surface area contributed by atoms with Gasteiger partial charge >= 0.3 is 5.97 Å². The van der Waals surface area contributed by atoms with E-state index in [-0.39, 0.29) is 0 Å². The maximum absolute atomic E-state index is 10.7. The molecule has 2 heterocycles. The molecule has 6 nitrogen and oxygen atoms in total. The first kappa shape index (κ1) is 20.1. The van der Waals surface area contributed by atoms with Crippen LogP contribution in [0.4, 0.5) is 0 Å². The van der Waals surface area contributed by atoms with E-state index in [1.165, 1.54) is 0 Å². The molecule has 0 atom stereocenters. The second-order valence-corrected chi connectivity index (χ2v) is 6.65. The summed E-state index contributed by atoms with van der Waals surface area (Å²) in [6.07, 6.45) is 4.28. The van der Waals surface area contributed by atoms with Crippen molar-refractivity contribution in [2.24, 2.45) is 0 Å². The second kappa shape index (κ2) is 9.01. The summed E-state index contributed by atoms with van der Waals surface area (Å²) in [6.45, 7) is 6.13. The predicted octanol–water partition coefficient (Wildman–Crippen LogP) is 4.87. The van der Waals surface area contributed by atoms with Crippen molar-refractivity contribution in [1.82, 2.24) is 9.97 Å². The van der Waals surface area contributed by atoms with Crippen molar-refractivity contribution in [2.45, 2.75) is 27.4 Å². The van der Waals surface area contributed by atoms with Gasteiger partial charge in [0, 0.05) is 17.8 Å². The van der Waals surface area contributed by atoms with Crippen LogP contribution in [0, 0.1) is 20.8 Å². The van der Waals surface area contributed by atoms with Gasteiger partial charge in [-0.15, -0.1) is 0 Å². The predicted molar refractivity (Wildman–Crippen MR) is 110 cm³/mol. The van der Waals surface area contributed by atoms with E-state index in [1.54, 1.807) is 24.4 Å². The molecule has 0 spiro atoms. The third kappa shape index (κ3) is 5.65. The van der Waals surface area contributed by atoms with Crippen LogP contribution in [0.5, 0.6) is 17.4 Å². The van der Waals surface area contributed by atoms with Crippen LogP contribution in [0.3, 0.4) is 0 Å². The van der Waals surface area contributed by atoms with Crippen molar-refractivity contribution in [3.05, 3.63) is 82.8 Å². The summed E-state index contributed by atoms with van der Waals surface area (Å²) in [6, 6.07) is 13.1. The molecule has 0 fully saturated rings. The Hall–Kier alpha value is -3.67. The highest BCUT2D eigenvalue weighted by Gasteiger charge is 2.08. The molecular weight excluding hydrogens is 368 g/mol. The molecule has 2 aromatic heterocycles. The van der Waals surface area contributed by atoms with Gasteiger partial charge in [-0.3, -0.25) is 4.98 Å². The van der Waals surface area contributed by atoms with Crippen LogP contribution in [0.25, 0.3) is 6.08 Å². The fraction of sp³-hybridized carbons (Fsp3) is 0.174. The lowest BCUT2D eigenvalue weighted by Gasteiger charge is -2.13. The molecule has 3 rings (SSSR count). The molecule has 3 aromatic rings. The van der Waals surface area contributed by atoms with Gasteiger partial charge in [0.1, 0.15) is 18.1 Å². The van der Waals surface area contributed by atoms with E-state index in [9.17, 15) is 4.79 Å². The Labute approximate surface area is 169 Å². The Kier molecular flexibility index (Phi) is 6.24. The van der Waals surface area contributed by atoms with E-state index in [1.807, 2.05) is 51.1 Å². The molecule has 1 aromatic carbocycles. The lowest BCUT2D eigenvalue weighted by molar-refractivity contribution is -0.131. The number of aliphatic carboxylic acids is 1. The molecule has 0 aliphatic heterocycles. The topological polar surface area (TPSA) is 81.5 Å². The first-order chi connectivity index (χ1) is 13.9. The van der Waals surface area contributed by atoms with Crippen molar-refractivity contribution in [1.29, 1.82) is 0 Å². The van der Waals surface area contributed by atoms with Gasteiger partial charge in [0.15, 0.2) is 0 Å².